The number of aryl methyl sites for hydroxylation is 1. The molecule has 1 aromatic rings. The molecule has 1 unspecified atom stereocenters. The van der Waals surface area contributed by atoms with Crippen LogP contribution >= 0.6 is 11.3 Å². The van der Waals surface area contributed by atoms with Crippen LogP contribution < -0.4 is 5.32 Å². The summed E-state index contributed by atoms with van der Waals surface area (Å²) in [5, 5.41) is 4.44. The van der Waals surface area contributed by atoms with Crippen molar-refractivity contribution >= 4 is 11.3 Å². The smallest absolute Gasteiger partial charge is 0.0985 e. The first-order chi connectivity index (χ1) is 7.31. The minimum Gasteiger partial charge on any atom is -0.381 e. The van der Waals surface area contributed by atoms with E-state index in [4.69, 9.17) is 4.74 Å². The fraction of sp³-hybridized carbons (Fsp3) is 0.727. The molecule has 2 rings (SSSR count). The number of ether oxygens (including phenoxy) is 1. The lowest BCUT2D eigenvalue weighted by molar-refractivity contribution is 0.0803. The second-order valence-electron chi connectivity index (χ2n) is 4.01. The molecule has 15 heavy (non-hydrogen) atoms. The molecule has 1 aliphatic heterocycles. The van der Waals surface area contributed by atoms with Gasteiger partial charge < -0.3 is 10.1 Å². The molecule has 1 aliphatic rings. The summed E-state index contributed by atoms with van der Waals surface area (Å²) in [5.74, 6) is 0.535. The monoisotopic (exact) mass is 226 g/mol. The summed E-state index contributed by atoms with van der Waals surface area (Å²) in [6.45, 7) is 4.80. The molecule has 0 amide bonds. The average Bonchev–Trinajstić information content (AvgIpc) is 2.63. The Morgan fingerprint density at radius 1 is 1.60 bits per heavy atom. The van der Waals surface area contributed by atoms with E-state index in [9.17, 15) is 0 Å². The van der Waals surface area contributed by atoms with E-state index in [0.717, 1.165) is 19.8 Å². The Balaban J connectivity index is 2.10. The van der Waals surface area contributed by atoms with Crippen molar-refractivity contribution in [3.05, 3.63) is 15.6 Å². The fourth-order valence-electron chi connectivity index (χ4n) is 1.89. The summed E-state index contributed by atoms with van der Waals surface area (Å²) in [6.07, 6.45) is 2.40. The minimum atomic E-state index is 0.535. The Morgan fingerprint density at radius 2 is 2.47 bits per heavy atom. The van der Waals surface area contributed by atoms with Gasteiger partial charge in [-0.25, -0.2) is 4.98 Å². The number of thiazole rings is 1. The van der Waals surface area contributed by atoms with Crippen LogP contribution in [-0.2, 0) is 11.3 Å². The Kier molecular flexibility index (Phi) is 3.72. The van der Waals surface area contributed by atoms with E-state index in [2.05, 4.69) is 17.2 Å². The first-order valence-corrected chi connectivity index (χ1v) is 6.31. The van der Waals surface area contributed by atoms with Gasteiger partial charge in [-0.2, -0.15) is 0 Å². The van der Waals surface area contributed by atoms with E-state index in [0.29, 0.717) is 5.92 Å². The maximum atomic E-state index is 5.50. The fourth-order valence-corrected chi connectivity index (χ4v) is 3.08. The zero-order chi connectivity index (χ0) is 10.7. The molecule has 0 radical (unpaired) electrons. The first-order valence-electron chi connectivity index (χ1n) is 5.50. The molecule has 1 N–H and O–H groups in total. The highest BCUT2D eigenvalue weighted by Gasteiger charge is 2.20. The number of aromatic nitrogens is 1. The molecule has 4 heteroatoms. The molecule has 1 aromatic heterocycles. The lowest BCUT2D eigenvalue weighted by Gasteiger charge is -2.19. The number of hydrogen-bond donors (Lipinski definition) is 1. The van der Waals surface area contributed by atoms with E-state index < -0.39 is 0 Å². The summed E-state index contributed by atoms with van der Waals surface area (Å²) in [4.78, 5) is 6.01. The highest BCUT2D eigenvalue weighted by Crippen LogP contribution is 2.30. The third-order valence-electron chi connectivity index (χ3n) is 2.76. The molecule has 2 heterocycles. The molecule has 3 nitrogen and oxygen atoms in total. The van der Waals surface area contributed by atoms with Crippen molar-refractivity contribution in [3.8, 4) is 0 Å². The van der Waals surface area contributed by atoms with Crippen molar-refractivity contribution in [2.75, 3.05) is 20.3 Å². The summed E-state index contributed by atoms with van der Waals surface area (Å²) in [6, 6.07) is 0. The topological polar surface area (TPSA) is 34.1 Å². The predicted octanol–water partition coefficient (Wildman–Crippen LogP) is 2.06. The molecule has 0 spiro atoms. The van der Waals surface area contributed by atoms with Crippen LogP contribution in [0.1, 0.15) is 34.3 Å². The average molecular weight is 226 g/mol. The summed E-state index contributed by atoms with van der Waals surface area (Å²) >= 11 is 1.84. The summed E-state index contributed by atoms with van der Waals surface area (Å²) in [5.41, 5.74) is 1.18. The lowest BCUT2D eigenvalue weighted by Crippen LogP contribution is -2.15. The van der Waals surface area contributed by atoms with Crippen LogP contribution in [0.4, 0.5) is 0 Å². The van der Waals surface area contributed by atoms with Gasteiger partial charge in [-0.3, -0.25) is 0 Å². The van der Waals surface area contributed by atoms with Crippen LogP contribution in [0, 0.1) is 6.92 Å². The van der Waals surface area contributed by atoms with Gasteiger partial charge in [0.15, 0.2) is 0 Å². The minimum absolute atomic E-state index is 0.535. The second-order valence-corrected chi connectivity index (χ2v) is 5.12. The molecule has 1 saturated heterocycles. The zero-order valence-electron chi connectivity index (χ0n) is 9.38. The molecule has 1 atom stereocenters. The van der Waals surface area contributed by atoms with Gasteiger partial charge in [0.25, 0.3) is 0 Å². The molecule has 0 aliphatic carbocycles. The molecule has 0 aromatic carbocycles. The largest absolute Gasteiger partial charge is 0.381 e. The third-order valence-corrected chi connectivity index (χ3v) is 4.08. The number of rotatable bonds is 3. The highest BCUT2D eigenvalue weighted by molar-refractivity contribution is 7.11. The van der Waals surface area contributed by atoms with E-state index in [1.165, 1.54) is 28.4 Å². The second kappa shape index (κ2) is 5.05. The van der Waals surface area contributed by atoms with E-state index in [1.807, 2.05) is 18.4 Å². The molecule has 84 valence electrons. The number of hydrogen-bond acceptors (Lipinski definition) is 4. The van der Waals surface area contributed by atoms with Crippen molar-refractivity contribution in [2.45, 2.75) is 32.2 Å². The molecular weight excluding hydrogens is 208 g/mol. The van der Waals surface area contributed by atoms with Crippen molar-refractivity contribution in [1.82, 2.24) is 10.3 Å². The Labute approximate surface area is 94.9 Å². The van der Waals surface area contributed by atoms with Crippen LogP contribution in [-0.4, -0.2) is 25.2 Å². The van der Waals surface area contributed by atoms with Crippen molar-refractivity contribution in [2.24, 2.45) is 0 Å². The van der Waals surface area contributed by atoms with Gasteiger partial charge >= 0.3 is 0 Å². The SMILES string of the molecule is CNCc1sc(C2CCCOC2)nc1C. The Bertz CT molecular complexity index is 318. The summed E-state index contributed by atoms with van der Waals surface area (Å²) in [7, 11) is 1.97. The van der Waals surface area contributed by atoms with E-state index in [1.54, 1.807) is 0 Å². The summed E-state index contributed by atoms with van der Waals surface area (Å²) < 4.78 is 5.50. The van der Waals surface area contributed by atoms with Gasteiger partial charge in [-0.15, -0.1) is 11.3 Å². The van der Waals surface area contributed by atoms with Gasteiger partial charge in [-0.1, -0.05) is 0 Å². The van der Waals surface area contributed by atoms with Gasteiger partial charge in [0.05, 0.1) is 17.3 Å². The maximum Gasteiger partial charge on any atom is 0.0985 e. The van der Waals surface area contributed by atoms with Crippen LogP contribution in [0.5, 0.6) is 0 Å². The number of nitrogens with one attached hydrogen (secondary N) is 1. The molecular formula is C11H18N2OS. The van der Waals surface area contributed by atoms with Gasteiger partial charge in [0.2, 0.25) is 0 Å². The van der Waals surface area contributed by atoms with Crippen LogP contribution in [0.15, 0.2) is 0 Å². The van der Waals surface area contributed by atoms with Crippen molar-refractivity contribution < 1.29 is 4.74 Å². The Morgan fingerprint density at radius 3 is 3.13 bits per heavy atom. The zero-order valence-corrected chi connectivity index (χ0v) is 10.2. The van der Waals surface area contributed by atoms with Gasteiger partial charge in [0, 0.05) is 23.9 Å². The van der Waals surface area contributed by atoms with Crippen LogP contribution in [0.25, 0.3) is 0 Å². The predicted molar refractivity (Wildman–Crippen MR) is 62.4 cm³/mol. The van der Waals surface area contributed by atoms with Gasteiger partial charge in [0.1, 0.15) is 0 Å². The maximum absolute atomic E-state index is 5.50. The standard InChI is InChI=1S/C11H18N2OS/c1-8-10(6-12-2)15-11(13-8)9-4-3-5-14-7-9/h9,12H,3-7H2,1-2H3. The van der Waals surface area contributed by atoms with Crippen molar-refractivity contribution in [1.29, 1.82) is 0 Å². The number of nitrogens with zero attached hydrogens (tertiary/aromatic N) is 1. The molecule has 0 saturated carbocycles. The molecule has 0 bridgehead atoms. The lowest BCUT2D eigenvalue weighted by atomic mass is 10.0. The Hall–Kier alpha value is -0.450. The van der Waals surface area contributed by atoms with E-state index in [-0.39, 0.29) is 0 Å². The van der Waals surface area contributed by atoms with Crippen LogP contribution in [0.3, 0.4) is 0 Å². The van der Waals surface area contributed by atoms with E-state index >= 15 is 0 Å². The highest BCUT2D eigenvalue weighted by atomic mass is 32.1. The van der Waals surface area contributed by atoms with Gasteiger partial charge in [-0.05, 0) is 26.8 Å². The first kappa shape index (κ1) is 11.0. The van der Waals surface area contributed by atoms with Crippen LogP contribution in [0.2, 0.25) is 0 Å². The quantitative estimate of drug-likeness (QED) is 0.856. The third kappa shape index (κ3) is 2.56. The normalized spacial score (nSPS) is 21.9. The molecule has 1 fully saturated rings. The van der Waals surface area contributed by atoms with Crippen molar-refractivity contribution in [3.63, 3.8) is 0 Å².